The number of ketones is 1. The van der Waals surface area contributed by atoms with E-state index in [0.29, 0.717) is 17.6 Å². The number of carbonyl (C=O) groups excluding carboxylic acids is 1. The van der Waals surface area contributed by atoms with Crippen LogP contribution in [-0.2, 0) is 0 Å². The van der Waals surface area contributed by atoms with Crippen LogP contribution in [0.15, 0.2) is 18.2 Å². The van der Waals surface area contributed by atoms with Crippen LogP contribution in [0.3, 0.4) is 0 Å². The Hall–Kier alpha value is -1.11. The van der Waals surface area contributed by atoms with Crippen LogP contribution in [-0.4, -0.2) is 5.78 Å². The number of hydrogen-bond donors (Lipinski definition) is 0. The van der Waals surface area contributed by atoms with E-state index < -0.39 is 0 Å². The van der Waals surface area contributed by atoms with Crippen molar-refractivity contribution in [2.45, 2.75) is 47.0 Å². The number of carbonyl (C=O) groups is 1. The van der Waals surface area contributed by atoms with Gasteiger partial charge in [0.05, 0.1) is 0 Å². The van der Waals surface area contributed by atoms with Crippen molar-refractivity contribution in [2.75, 3.05) is 0 Å². The van der Waals surface area contributed by atoms with Crippen LogP contribution in [0.25, 0.3) is 0 Å². The van der Waals surface area contributed by atoms with Gasteiger partial charge in [-0.2, -0.15) is 0 Å². The fourth-order valence-corrected chi connectivity index (χ4v) is 3.40. The maximum atomic E-state index is 12.7. The Bertz CT molecular complexity index is 437. The quantitative estimate of drug-likeness (QED) is 0.697. The number of aryl methyl sites for hydroxylation is 1. The molecule has 0 amide bonds. The number of hydrogen-bond acceptors (Lipinski definition) is 1. The fourth-order valence-electron chi connectivity index (χ4n) is 3.40. The normalized spacial score (nSPS) is 28.1. The fraction of sp³-hybridized carbons (Fsp3) is 0.588. The molecular formula is C17H24O. The molecule has 1 heteroatoms. The van der Waals surface area contributed by atoms with Crippen molar-refractivity contribution >= 4 is 5.78 Å². The molecule has 0 radical (unpaired) electrons. The third-order valence-electron chi connectivity index (χ3n) is 4.42. The summed E-state index contributed by atoms with van der Waals surface area (Å²) in [4.78, 5) is 12.7. The molecule has 0 bridgehead atoms. The summed E-state index contributed by atoms with van der Waals surface area (Å²) in [6, 6.07) is 6.08. The second kappa shape index (κ2) is 5.26. The van der Waals surface area contributed by atoms with E-state index in [4.69, 9.17) is 0 Å². The molecule has 98 valence electrons. The average molecular weight is 244 g/mol. The van der Waals surface area contributed by atoms with Crippen LogP contribution >= 0.6 is 0 Å². The van der Waals surface area contributed by atoms with Crippen LogP contribution in [0.2, 0.25) is 0 Å². The standard InChI is InChI=1S/C17H24O/c1-11-8-12(2)10-15(9-11)17(18)16-7-5-6-13(3)14(16)4/h5-7,11-12,15H,8-10H2,1-4H3. The first kappa shape index (κ1) is 13.3. The van der Waals surface area contributed by atoms with Gasteiger partial charge >= 0.3 is 0 Å². The van der Waals surface area contributed by atoms with Gasteiger partial charge in [0.1, 0.15) is 0 Å². The topological polar surface area (TPSA) is 17.1 Å². The van der Waals surface area contributed by atoms with Crippen molar-refractivity contribution in [3.63, 3.8) is 0 Å². The number of rotatable bonds is 2. The number of benzene rings is 1. The highest BCUT2D eigenvalue weighted by molar-refractivity contribution is 5.99. The Balaban J connectivity index is 2.23. The summed E-state index contributed by atoms with van der Waals surface area (Å²) in [6.07, 6.45) is 3.41. The van der Waals surface area contributed by atoms with Crippen LogP contribution < -0.4 is 0 Å². The Labute approximate surface area is 111 Å². The van der Waals surface area contributed by atoms with Gasteiger partial charge in [0.25, 0.3) is 0 Å². The molecule has 2 atom stereocenters. The van der Waals surface area contributed by atoms with Crippen molar-refractivity contribution in [1.82, 2.24) is 0 Å². The smallest absolute Gasteiger partial charge is 0.166 e. The highest BCUT2D eigenvalue weighted by atomic mass is 16.1. The van der Waals surface area contributed by atoms with Gasteiger partial charge in [-0.3, -0.25) is 4.79 Å². The second-order valence-electron chi connectivity index (χ2n) is 6.23. The Morgan fingerprint density at radius 2 is 1.67 bits per heavy atom. The zero-order chi connectivity index (χ0) is 13.3. The molecule has 0 N–H and O–H groups in total. The zero-order valence-corrected chi connectivity index (χ0v) is 12.0. The lowest BCUT2D eigenvalue weighted by Crippen LogP contribution is -2.26. The van der Waals surface area contributed by atoms with E-state index in [9.17, 15) is 4.79 Å². The van der Waals surface area contributed by atoms with E-state index in [1.54, 1.807) is 0 Å². The highest BCUT2D eigenvalue weighted by Crippen LogP contribution is 2.35. The van der Waals surface area contributed by atoms with Gasteiger partial charge in [0.15, 0.2) is 5.78 Å². The zero-order valence-electron chi connectivity index (χ0n) is 12.0. The Kier molecular flexibility index (Phi) is 3.89. The Morgan fingerprint density at radius 1 is 1.06 bits per heavy atom. The van der Waals surface area contributed by atoms with Crippen molar-refractivity contribution in [1.29, 1.82) is 0 Å². The lowest BCUT2D eigenvalue weighted by atomic mass is 9.73. The van der Waals surface area contributed by atoms with Crippen LogP contribution in [0.5, 0.6) is 0 Å². The molecule has 1 aliphatic carbocycles. The van der Waals surface area contributed by atoms with Gasteiger partial charge in [-0.05, 0) is 56.1 Å². The maximum Gasteiger partial charge on any atom is 0.166 e. The van der Waals surface area contributed by atoms with E-state index in [0.717, 1.165) is 24.0 Å². The summed E-state index contributed by atoms with van der Waals surface area (Å²) in [5, 5.41) is 0. The summed E-state index contributed by atoms with van der Waals surface area (Å²) in [5.41, 5.74) is 3.33. The first-order chi connectivity index (χ1) is 8.49. The lowest BCUT2D eigenvalue weighted by molar-refractivity contribution is 0.0835. The highest BCUT2D eigenvalue weighted by Gasteiger charge is 2.30. The predicted molar refractivity (Wildman–Crippen MR) is 75.9 cm³/mol. The third kappa shape index (κ3) is 2.66. The molecule has 2 rings (SSSR count). The molecule has 1 saturated carbocycles. The van der Waals surface area contributed by atoms with Gasteiger partial charge in [-0.25, -0.2) is 0 Å². The average Bonchev–Trinajstić information content (AvgIpc) is 2.30. The molecule has 0 aliphatic heterocycles. The molecule has 1 aromatic rings. The minimum Gasteiger partial charge on any atom is -0.294 e. The lowest BCUT2D eigenvalue weighted by Gasteiger charge is -2.30. The minimum atomic E-state index is 0.240. The second-order valence-corrected chi connectivity index (χ2v) is 6.23. The van der Waals surface area contributed by atoms with E-state index in [1.807, 2.05) is 12.1 Å². The van der Waals surface area contributed by atoms with Crippen LogP contribution in [0.1, 0.15) is 54.6 Å². The summed E-state index contributed by atoms with van der Waals surface area (Å²) >= 11 is 0. The van der Waals surface area contributed by atoms with Crippen molar-refractivity contribution in [3.8, 4) is 0 Å². The Morgan fingerprint density at radius 3 is 2.28 bits per heavy atom. The van der Waals surface area contributed by atoms with Gasteiger partial charge in [0.2, 0.25) is 0 Å². The molecule has 1 aromatic carbocycles. The number of Topliss-reactive ketones (excluding diaryl/α,β-unsaturated/α-hetero) is 1. The summed E-state index contributed by atoms with van der Waals surface area (Å²) in [7, 11) is 0. The third-order valence-corrected chi connectivity index (χ3v) is 4.42. The molecule has 0 saturated heterocycles. The van der Waals surface area contributed by atoms with Crippen molar-refractivity contribution in [3.05, 3.63) is 34.9 Å². The van der Waals surface area contributed by atoms with Gasteiger partial charge in [-0.1, -0.05) is 32.0 Å². The molecule has 0 heterocycles. The van der Waals surface area contributed by atoms with E-state index >= 15 is 0 Å². The summed E-state index contributed by atoms with van der Waals surface area (Å²) in [6.45, 7) is 8.70. The van der Waals surface area contributed by atoms with Crippen molar-refractivity contribution < 1.29 is 4.79 Å². The summed E-state index contributed by atoms with van der Waals surface area (Å²) in [5.74, 6) is 1.99. The predicted octanol–water partition coefficient (Wildman–Crippen LogP) is 4.56. The largest absolute Gasteiger partial charge is 0.294 e. The molecular weight excluding hydrogens is 220 g/mol. The first-order valence-corrected chi connectivity index (χ1v) is 7.09. The maximum absolute atomic E-state index is 12.7. The SMILES string of the molecule is Cc1cccc(C(=O)C2CC(C)CC(C)C2)c1C. The molecule has 2 unspecified atom stereocenters. The molecule has 18 heavy (non-hydrogen) atoms. The van der Waals surface area contributed by atoms with Crippen molar-refractivity contribution in [2.24, 2.45) is 17.8 Å². The molecule has 0 aromatic heterocycles. The van der Waals surface area contributed by atoms with E-state index in [2.05, 4.69) is 33.8 Å². The van der Waals surface area contributed by atoms with Crippen LogP contribution in [0, 0.1) is 31.6 Å². The van der Waals surface area contributed by atoms with E-state index in [1.165, 1.54) is 12.0 Å². The monoisotopic (exact) mass is 244 g/mol. The van der Waals surface area contributed by atoms with Gasteiger partial charge in [-0.15, -0.1) is 0 Å². The molecule has 1 aliphatic rings. The van der Waals surface area contributed by atoms with Gasteiger partial charge in [0, 0.05) is 11.5 Å². The molecule has 0 spiro atoms. The minimum absolute atomic E-state index is 0.240. The first-order valence-electron chi connectivity index (χ1n) is 7.09. The van der Waals surface area contributed by atoms with E-state index in [-0.39, 0.29) is 5.92 Å². The van der Waals surface area contributed by atoms with Crippen LogP contribution in [0.4, 0.5) is 0 Å². The molecule has 1 nitrogen and oxygen atoms in total. The van der Waals surface area contributed by atoms with Gasteiger partial charge < -0.3 is 0 Å². The summed E-state index contributed by atoms with van der Waals surface area (Å²) < 4.78 is 0. The molecule has 1 fully saturated rings.